The van der Waals surface area contributed by atoms with E-state index in [-0.39, 0.29) is 10.1 Å². The third-order valence-electron chi connectivity index (χ3n) is 1.40. The lowest BCUT2D eigenvalue weighted by Gasteiger charge is -2.14. The Bertz CT molecular complexity index is 325. The van der Waals surface area contributed by atoms with Gasteiger partial charge in [-0.15, -0.1) is 0 Å². The van der Waals surface area contributed by atoms with Crippen LogP contribution in [-0.2, 0) is 4.79 Å². The molecule has 0 spiro atoms. The summed E-state index contributed by atoms with van der Waals surface area (Å²) in [6, 6.07) is 7.17. The van der Waals surface area contributed by atoms with Gasteiger partial charge in [-0.05, 0) is 12.1 Å². The van der Waals surface area contributed by atoms with Crippen LogP contribution in [0.2, 0.25) is 0 Å². The summed E-state index contributed by atoms with van der Waals surface area (Å²) in [7, 11) is 0. The van der Waals surface area contributed by atoms with Gasteiger partial charge in [-0.25, -0.2) is 4.42 Å². The second kappa shape index (κ2) is 3.88. The average Bonchev–Trinajstić information content (AvgIpc) is 2.15. The van der Waals surface area contributed by atoms with Gasteiger partial charge >= 0.3 is 12.1 Å². The Labute approximate surface area is 83.0 Å². The van der Waals surface area contributed by atoms with E-state index in [1.54, 1.807) is 6.07 Å². The molecule has 2 nitrogen and oxygen atoms in total. The smallest absolute Gasteiger partial charge is 0.263 e. The number of amides is 1. The van der Waals surface area contributed by atoms with E-state index in [1.807, 2.05) is 0 Å². The topological polar surface area (TPSA) is 20.3 Å². The SMILES string of the molecule is O=C(N(Cl)c1ccccc1)C(F)(F)F. The molecule has 1 rings (SSSR count). The Morgan fingerprint density at radius 1 is 1.21 bits per heavy atom. The van der Waals surface area contributed by atoms with Gasteiger partial charge in [0.25, 0.3) is 0 Å². The summed E-state index contributed by atoms with van der Waals surface area (Å²) in [5.41, 5.74) is -0.0171. The summed E-state index contributed by atoms with van der Waals surface area (Å²) in [5, 5.41) is 0. The molecule has 0 bridgehead atoms. The maximum absolute atomic E-state index is 11.9. The van der Waals surface area contributed by atoms with Crippen LogP contribution in [0, 0.1) is 0 Å². The van der Waals surface area contributed by atoms with Crippen molar-refractivity contribution >= 4 is 23.4 Å². The number of halogens is 4. The number of alkyl halides is 3. The van der Waals surface area contributed by atoms with Gasteiger partial charge in [0.15, 0.2) is 0 Å². The van der Waals surface area contributed by atoms with Gasteiger partial charge in [0.05, 0.1) is 5.69 Å². The van der Waals surface area contributed by atoms with Crippen molar-refractivity contribution in [1.82, 2.24) is 0 Å². The van der Waals surface area contributed by atoms with Crippen molar-refractivity contribution in [1.29, 1.82) is 0 Å². The monoisotopic (exact) mass is 223 g/mol. The van der Waals surface area contributed by atoms with Crippen molar-refractivity contribution in [2.45, 2.75) is 6.18 Å². The molecule has 0 heterocycles. The lowest BCUT2D eigenvalue weighted by molar-refractivity contribution is -0.169. The van der Waals surface area contributed by atoms with Gasteiger partial charge in [0.1, 0.15) is 0 Å². The Morgan fingerprint density at radius 3 is 2.14 bits per heavy atom. The molecule has 1 amide bonds. The number of anilines is 1. The second-order valence-electron chi connectivity index (χ2n) is 2.42. The number of hydrogen-bond acceptors (Lipinski definition) is 1. The molecule has 0 saturated carbocycles. The van der Waals surface area contributed by atoms with Crippen LogP contribution in [0.15, 0.2) is 30.3 Å². The van der Waals surface area contributed by atoms with E-state index < -0.39 is 12.1 Å². The maximum Gasteiger partial charge on any atom is 0.473 e. The first-order valence-corrected chi connectivity index (χ1v) is 3.89. The first-order chi connectivity index (χ1) is 6.43. The molecular weight excluding hydrogens is 219 g/mol. The van der Waals surface area contributed by atoms with E-state index in [0.29, 0.717) is 0 Å². The Hall–Kier alpha value is -1.23. The van der Waals surface area contributed by atoms with Gasteiger partial charge in [-0.2, -0.15) is 13.2 Å². The van der Waals surface area contributed by atoms with E-state index in [0.717, 1.165) is 0 Å². The molecule has 6 heteroatoms. The van der Waals surface area contributed by atoms with Gasteiger partial charge < -0.3 is 0 Å². The van der Waals surface area contributed by atoms with E-state index in [9.17, 15) is 18.0 Å². The van der Waals surface area contributed by atoms with Crippen LogP contribution >= 0.6 is 11.8 Å². The predicted molar refractivity (Wildman–Crippen MR) is 45.8 cm³/mol. The quantitative estimate of drug-likeness (QED) is 0.671. The fourth-order valence-corrected chi connectivity index (χ4v) is 0.996. The third-order valence-corrected chi connectivity index (χ3v) is 1.75. The summed E-state index contributed by atoms with van der Waals surface area (Å²) < 4.78 is 35.8. The molecule has 0 aliphatic heterocycles. The van der Waals surface area contributed by atoms with Crippen LogP contribution in [0.1, 0.15) is 0 Å². The zero-order valence-electron chi connectivity index (χ0n) is 6.75. The lowest BCUT2D eigenvalue weighted by Crippen LogP contribution is -2.35. The summed E-state index contributed by atoms with van der Waals surface area (Å²) in [5.74, 6) is -2.11. The molecule has 0 aliphatic rings. The summed E-state index contributed by atoms with van der Waals surface area (Å²) in [6.45, 7) is 0. The summed E-state index contributed by atoms with van der Waals surface area (Å²) in [6.07, 6.45) is -4.96. The molecule has 1 aromatic rings. The van der Waals surface area contributed by atoms with E-state index in [4.69, 9.17) is 11.8 Å². The zero-order chi connectivity index (χ0) is 10.8. The molecule has 14 heavy (non-hydrogen) atoms. The van der Waals surface area contributed by atoms with Crippen LogP contribution in [-0.4, -0.2) is 12.1 Å². The van der Waals surface area contributed by atoms with Crippen LogP contribution in [0.5, 0.6) is 0 Å². The summed E-state index contributed by atoms with van der Waals surface area (Å²) in [4.78, 5) is 10.6. The number of hydrogen-bond donors (Lipinski definition) is 0. The molecule has 76 valence electrons. The van der Waals surface area contributed by atoms with Gasteiger partial charge in [0.2, 0.25) is 0 Å². The normalized spacial score (nSPS) is 11.1. The first kappa shape index (κ1) is 10.8. The highest BCUT2D eigenvalue weighted by Gasteiger charge is 2.42. The molecule has 0 aromatic heterocycles. The van der Waals surface area contributed by atoms with Crippen LogP contribution < -0.4 is 4.42 Å². The van der Waals surface area contributed by atoms with Crippen molar-refractivity contribution in [3.8, 4) is 0 Å². The molecule has 0 fully saturated rings. The number of para-hydroxylation sites is 1. The maximum atomic E-state index is 11.9. The average molecular weight is 224 g/mol. The Kier molecular flexibility index (Phi) is 3.00. The number of benzene rings is 1. The van der Waals surface area contributed by atoms with Gasteiger partial charge in [0, 0.05) is 11.8 Å². The van der Waals surface area contributed by atoms with Gasteiger partial charge in [-0.3, -0.25) is 4.79 Å². The van der Waals surface area contributed by atoms with Crippen LogP contribution in [0.4, 0.5) is 18.9 Å². The molecule has 1 aromatic carbocycles. The highest BCUT2D eigenvalue weighted by atomic mass is 35.5. The van der Waals surface area contributed by atoms with Crippen molar-refractivity contribution in [2.75, 3.05) is 4.42 Å². The minimum atomic E-state index is -4.96. The molecule has 0 atom stereocenters. The molecular formula is C8H5ClF3NO. The Morgan fingerprint density at radius 2 is 1.71 bits per heavy atom. The third kappa shape index (κ3) is 2.38. The van der Waals surface area contributed by atoms with E-state index in [2.05, 4.69) is 0 Å². The molecule has 0 aliphatic carbocycles. The van der Waals surface area contributed by atoms with Crippen LogP contribution in [0.25, 0.3) is 0 Å². The minimum Gasteiger partial charge on any atom is -0.263 e. The number of rotatable bonds is 1. The number of carbonyl (C=O) groups excluding carboxylic acids is 1. The van der Waals surface area contributed by atoms with Gasteiger partial charge in [-0.1, -0.05) is 18.2 Å². The highest BCUT2D eigenvalue weighted by Crippen LogP contribution is 2.24. The first-order valence-electron chi connectivity index (χ1n) is 3.55. The van der Waals surface area contributed by atoms with E-state index in [1.165, 1.54) is 24.3 Å². The highest BCUT2D eigenvalue weighted by molar-refractivity contribution is 6.37. The minimum absolute atomic E-state index is 0.0171. The van der Waals surface area contributed by atoms with Crippen molar-refractivity contribution in [2.24, 2.45) is 0 Å². The number of carbonyl (C=O) groups is 1. The molecule has 0 N–H and O–H groups in total. The lowest BCUT2D eigenvalue weighted by atomic mass is 10.3. The molecule has 0 radical (unpaired) electrons. The van der Waals surface area contributed by atoms with Crippen LogP contribution in [0.3, 0.4) is 0 Å². The predicted octanol–water partition coefficient (Wildman–Crippen LogP) is 2.74. The molecule has 0 unspecified atom stereocenters. The number of nitrogens with zero attached hydrogens (tertiary/aromatic N) is 1. The fraction of sp³-hybridized carbons (Fsp3) is 0.125. The largest absolute Gasteiger partial charge is 0.473 e. The zero-order valence-corrected chi connectivity index (χ0v) is 7.51. The fourth-order valence-electron chi connectivity index (χ4n) is 0.787. The van der Waals surface area contributed by atoms with Crippen molar-refractivity contribution in [3.63, 3.8) is 0 Å². The van der Waals surface area contributed by atoms with Crippen molar-refractivity contribution in [3.05, 3.63) is 30.3 Å². The Balaban J connectivity index is 2.87. The standard InChI is InChI=1S/C8H5ClF3NO/c9-13(7(14)8(10,11)12)6-4-2-1-3-5-6/h1-5H. The second-order valence-corrected chi connectivity index (χ2v) is 2.76. The summed E-state index contributed by atoms with van der Waals surface area (Å²) >= 11 is 5.21. The van der Waals surface area contributed by atoms with Crippen molar-refractivity contribution < 1.29 is 18.0 Å². The molecule has 0 saturated heterocycles. The van der Waals surface area contributed by atoms with E-state index >= 15 is 0 Å².